The van der Waals surface area contributed by atoms with Crippen molar-refractivity contribution in [3.8, 4) is 0 Å². The molecule has 0 aliphatic carbocycles. The molecule has 1 unspecified atom stereocenters. The van der Waals surface area contributed by atoms with Gasteiger partial charge >= 0.3 is 0 Å². The van der Waals surface area contributed by atoms with E-state index in [1.54, 1.807) is 11.9 Å². The van der Waals surface area contributed by atoms with Crippen LogP contribution in [0.1, 0.15) is 33.1 Å². The van der Waals surface area contributed by atoms with Crippen LogP contribution in [0.2, 0.25) is 0 Å². The van der Waals surface area contributed by atoms with E-state index in [0.717, 1.165) is 25.6 Å². The molecule has 6 heteroatoms. The van der Waals surface area contributed by atoms with E-state index in [0.29, 0.717) is 18.6 Å². The molecule has 0 spiro atoms. The molecule has 3 fully saturated rings. The summed E-state index contributed by atoms with van der Waals surface area (Å²) >= 11 is 0. The van der Waals surface area contributed by atoms with Gasteiger partial charge in [0.05, 0.1) is 13.2 Å². The Labute approximate surface area is 151 Å². The average Bonchev–Trinajstić information content (AvgIpc) is 2.98. The number of hydrogen-bond donors (Lipinski definition) is 0. The summed E-state index contributed by atoms with van der Waals surface area (Å²) in [4.78, 5) is 6.65. The van der Waals surface area contributed by atoms with Gasteiger partial charge in [-0.1, -0.05) is 13.8 Å². The average molecular weight is 360 g/mol. The first-order valence-corrected chi connectivity index (χ1v) is 9.86. The Morgan fingerprint density at radius 2 is 1.76 bits per heavy atom. The first kappa shape index (κ1) is 19.5. The fourth-order valence-corrected chi connectivity index (χ4v) is 4.58. The lowest BCUT2D eigenvalue weighted by Crippen LogP contribution is -2.41. The van der Waals surface area contributed by atoms with E-state index in [1.165, 1.54) is 38.9 Å². The van der Waals surface area contributed by atoms with Crippen LogP contribution >= 0.6 is 0 Å². The maximum Gasteiger partial charge on any atom is 0.287 e. The van der Waals surface area contributed by atoms with Gasteiger partial charge in [0.2, 0.25) is 0 Å². The van der Waals surface area contributed by atoms with E-state index in [9.17, 15) is 8.78 Å². The molecule has 0 amide bonds. The number of nitrogens with zero attached hydrogens (tertiary/aromatic N) is 3. The Kier molecular flexibility index (Phi) is 6.03. The number of rotatable bonds is 6. The molecule has 0 radical (unpaired) electrons. The van der Waals surface area contributed by atoms with Gasteiger partial charge in [-0.3, -0.25) is 4.90 Å². The van der Waals surface area contributed by atoms with Crippen LogP contribution in [0.15, 0.2) is 0 Å². The van der Waals surface area contributed by atoms with Crippen LogP contribution in [0.5, 0.6) is 0 Å². The first-order chi connectivity index (χ1) is 11.7. The third-order valence-corrected chi connectivity index (χ3v) is 6.14. The second-order valence-corrected chi connectivity index (χ2v) is 9.25. The highest BCUT2D eigenvalue weighted by molar-refractivity contribution is 4.90. The van der Waals surface area contributed by atoms with Gasteiger partial charge in [-0.05, 0) is 57.3 Å². The third kappa shape index (κ3) is 5.34. The van der Waals surface area contributed by atoms with Gasteiger partial charge in [0.15, 0.2) is 0 Å². The van der Waals surface area contributed by atoms with Crippen LogP contribution in [0.25, 0.3) is 0 Å². The lowest BCUT2D eigenvalue weighted by atomic mass is 9.93. The van der Waals surface area contributed by atoms with Gasteiger partial charge in [0, 0.05) is 26.2 Å². The summed E-state index contributed by atoms with van der Waals surface area (Å²) in [6.45, 7) is 11.9. The molecular formula is C19H35F2N3O. The number of ether oxygens (including phenoxy) is 1. The van der Waals surface area contributed by atoms with Crippen LogP contribution in [-0.4, -0.2) is 92.7 Å². The molecule has 0 aromatic carbocycles. The quantitative estimate of drug-likeness (QED) is 0.725. The fourth-order valence-electron chi connectivity index (χ4n) is 4.58. The van der Waals surface area contributed by atoms with Crippen LogP contribution < -0.4 is 0 Å². The van der Waals surface area contributed by atoms with E-state index < -0.39 is 12.0 Å². The van der Waals surface area contributed by atoms with Crippen molar-refractivity contribution in [1.29, 1.82) is 0 Å². The van der Waals surface area contributed by atoms with Gasteiger partial charge in [-0.25, -0.2) is 8.78 Å². The Bertz CT molecular complexity index is 438. The minimum Gasteiger partial charge on any atom is -0.369 e. The number of hydrogen-bond acceptors (Lipinski definition) is 4. The predicted octanol–water partition coefficient (Wildman–Crippen LogP) is 2.40. The predicted molar refractivity (Wildman–Crippen MR) is 96.2 cm³/mol. The van der Waals surface area contributed by atoms with Crippen molar-refractivity contribution >= 4 is 0 Å². The summed E-state index contributed by atoms with van der Waals surface area (Å²) in [5.74, 6) is -1.91. The molecule has 0 bridgehead atoms. The zero-order valence-corrected chi connectivity index (χ0v) is 16.1. The standard InChI is InChI=1S/C19H35F2N3O/c1-18(2)6-9-24(14-18)12-16-4-7-23(8-5-16)10-11-25-17-13-22(3)15-19(17,20)21/h16-17H,4-15H2,1-3H3. The number of likely N-dealkylation sites (N-methyl/N-ethyl adjacent to an activating group) is 1. The Hall–Kier alpha value is -0.300. The van der Waals surface area contributed by atoms with Crippen molar-refractivity contribution in [2.75, 3.05) is 66.0 Å². The Balaban J connectivity index is 1.31. The topological polar surface area (TPSA) is 19.0 Å². The zero-order valence-electron chi connectivity index (χ0n) is 16.1. The normalized spacial score (nSPS) is 31.8. The monoisotopic (exact) mass is 359 g/mol. The maximum absolute atomic E-state index is 13.7. The highest BCUT2D eigenvalue weighted by Gasteiger charge is 2.47. The Morgan fingerprint density at radius 1 is 1.04 bits per heavy atom. The van der Waals surface area contributed by atoms with Gasteiger partial charge in [-0.15, -0.1) is 0 Å². The minimum atomic E-state index is -2.70. The smallest absolute Gasteiger partial charge is 0.287 e. The van der Waals surface area contributed by atoms with Crippen LogP contribution in [0.4, 0.5) is 8.78 Å². The summed E-state index contributed by atoms with van der Waals surface area (Å²) in [7, 11) is 1.73. The van der Waals surface area contributed by atoms with Gasteiger partial charge in [0.1, 0.15) is 6.10 Å². The molecule has 3 rings (SSSR count). The van der Waals surface area contributed by atoms with E-state index in [4.69, 9.17) is 4.74 Å². The third-order valence-electron chi connectivity index (χ3n) is 6.14. The second-order valence-electron chi connectivity index (χ2n) is 9.25. The fraction of sp³-hybridized carbons (Fsp3) is 1.00. The molecule has 1 atom stereocenters. The number of likely N-dealkylation sites (tertiary alicyclic amines) is 3. The second kappa shape index (κ2) is 7.75. The molecule has 25 heavy (non-hydrogen) atoms. The summed E-state index contributed by atoms with van der Waals surface area (Å²) in [6, 6.07) is 0. The summed E-state index contributed by atoms with van der Waals surface area (Å²) in [5, 5.41) is 0. The van der Waals surface area contributed by atoms with Crippen molar-refractivity contribution in [2.24, 2.45) is 11.3 Å². The summed E-state index contributed by atoms with van der Waals surface area (Å²) < 4.78 is 33.0. The largest absolute Gasteiger partial charge is 0.369 e. The van der Waals surface area contributed by atoms with E-state index >= 15 is 0 Å². The molecular weight excluding hydrogens is 324 g/mol. The maximum atomic E-state index is 13.7. The van der Waals surface area contributed by atoms with Crippen molar-refractivity contribution in [2.45, 2.75) is 45.1 Å². The lowest BCUT2D eigenvalue weighted by Gasteiger charge is -2.34. The molecule has 146 valence electrons. The molecule has 4 nitrogen and oxygen atoms in total. The highest BCUT2D eigenvalue weighted by atomic mass is 19.3. The Morgan fingerprint density at radius 3 is 2.32 bits per heavy atom. The van der Waals surface area contributed by atoms with Crippen LogP contribution in [-0.2, 0) is 4.74 Å². The van der Waals surface area contributed by atoms with Crippen LogP contribution in [0.3, 0.4) is 0 Å². The number of alkyl halides is 2. The van der Waals surface area contributed by atoms with E-state index in [-0.39, 0.29) is 6.54 Å². The molecule has 3 aliphatic heterocycles. The minimum absolute atomic E-state index is 0.184. The molecule has 0 aromatic heterocycles. The zero-order chi connectivity index (χ0) is 18.1. The lowest BCUT2D eigenvalue weighted by molar-refractivity contribution is -0.108. The molecule has 0 saturated carbocycles. The molecule has 0 aromatic rings. The molecule has 3 aliphatic rings. The van der Waals surface area contributed by atoms with Crippen molar-refractivity contribution in [3.63, 3.8) is 0 Å². The van der Waals surface area contributed by atoms with Gasteiger partial charge in [0.25, 0.3) is 5.92 Å². The summed E-state index contributed by atoms with van der Waals surface area (Å²) in [6.07, 6.45) is 2.82. The molecule has 3 heterocycles. The van der Waals surface area contributed by atoms with Crippen molar-refractivity contribution < 1.29 is 13.5 Å². The highest BCUT2D eigenvalue weighted by Crippen LogP contribution is 2.31. The SMILES string of the molecule is CN1CC(OCCN2CCC(CN3CCC(C)(C)C3)CC2)C(F)(F)C1. The first-order valence-electron chi connectivity index (χ1n) is 9.86. The van der Waals surface area contributed by atoms with Gasteiger partial charge in [-0.2, -0.15) is 0 Å². The van der Waals surface area contributed by atoms with E-state index in [1.807, 2.05) is 0 Å². The van der Waals surface area contributed by atoms with Crippen LogP contribution in [0, 0.1) is 11.3 Å². The number of piperidine rings is 1. The van der Waals surface area contributed by atoms with E-state index in [2.05, 4.69) is 23.6 Å². The van der Waals surface area contributed by atoms with Crippen molar-refractivity contribution in [3.05, 3.63) is 0 Å². The number of halogens is 2. The molecule has 3 saturated heterocycles. The van der Waals surface area contributed by atoms with Gasteiger partial charge < -0.3 is 14.5 Å². The van der Waals surface area contributed by atoms with Crippen molar-refractivity contribution in [1.82, 2.24) is 14.7 Å². The molecule has 0 N–H and O–H groups in total. The summed E-state index contributed by atoms with van der Waals surface area (Å²) in [5.41, 5.74) is 0.481.